The minimum Gasteiger partial charge on any atom is -0.375 e. The molecule has 1 aromatic rings. The average Bonchev–Trinajstić information content (AvgIpc) is 2.46. The number of carbonyl (C=O) groups is 1. The first-order valence-electron chi connectivity index (χ1n) is 8.48. The molecule has 0 bridgehead atoms. The number of anilines is 1. The number of rotatable bonds is 5. The monoisotopic (exact) mass is 320 g/mol. The normalized spacial score (nSPS) is 17.3. The van der Waals surface area contributed by atoms with Crippen molar-refractivity contribution in [3.8, 4) is 0 Å². The van der Waals surface area contributed by atoms with Gasteiger partial charge in [0, 0.05) is 37.7 Å². The molecule has 1 saturated heterocycles. The van der Waals surface area contributed by atoms with Crippen molar-refractivity contribution in [2.24, 2.45) is 0 Å². The average molecular weight is 320 g/mol. The maximum absolute atomic E-state index is 11.6. The number of carbonyl (C=O) groups excluding carboxylic acids is 1. The highest BCUT2D eigenvalue weighted by atomic mass is 16.5. The molecule has 0 aliphatic carbocycles. The number of hydrogen-bond donors (Lipinski definition) is 1. The smallest absolute Gasteiger partial charge is 0.246 e. The van der Waals surface area contributed by atoms with Crippen LogP contribution in [0.5, 0.6) is 0 Å². The molecule has 0 spiro atoms. The van der Waals surface area contributed by atoms with E-state index in [1.165, 1.54) is 39.2 Å². The second kappa shape index (κ2) is 8.82. The highest BCUT2D eigenvalue weighted by Gasteiger charge is 2.16. The minimum absolute atomic E-state index is 0.0656. The van der Waals surface area contributed by atoms with Crippen molar-refractivity contribution in [1.29, 1.82) is 0 Å². The lowest BCUT2D eigenvalue weighted by atomic mass is 10.1. The van der Waals surface area contributed by atoms with Gasteiger partial charge in [-0.15, -0.1) is 0 Å². The van der Waals surface area contributed by atoms with Gasteiger partial charge in [0.05, 0.1) is 6.04 Å². The van der Waals surface area contributed by atoms with Gasteiger partial charge in [-0.3, -0.25) is 4.79 Å². The number of methoxy groups -OCH3 is 1. The molecule has 0 radical (unpaired) electrons. The zero-order valence-corrected chi connectivity index (χ0v) is 14.5. The molecule has 1 aromatic heterocycles. The number of nitrogens with one attached hydrogen (secondary N) is 1. The fourth-order valence-corrected chi connectivity index (χ4v) is 2.98. The van der Waals surface area contributed by atoms with Crippen molar-refractivity contribution in [2.45, 2.75) is 52.0 Å². The Hall–Kier alpha value is -1.69. The highest BCUT2D eigenvalue weighted by Crippen LogP contribution is 2.20. The summed E-state index contributed by atoms with van der Waals surface area (Å²) in [6.45, 7) is 6.03. The van der Waals surface area contributed by atoms with E-state index >= 15 is 0 Å². The minimum atomic E-state index is -0.132. The molecular weight excluding hydrogens is 292 g/mol. The Balaban J connectivity index is 2.05. The van der Waals surface area contributed by atoms with E-state index in [-0.39, 0.29) is 18.6 Å². The molecule has 6 nitrogen and oxygen atoms in total. The van der Waals surface area contributed by atoms with Crippen LogP contribution in [-0.2, 0) is 9.53 Å². The van der Waals surface area contributed by atoms with Gasteiger partial charge in [0.1, 0.15) is 6.61 Å². The molecule has 0 aromatic carbocycles. The third-order valence-corrected chi connectivity index (χ3v) is 4.26. The number of aromatic nitrogens is 2. The SMILES string of the molecule is COCC(=O)NC(C)c1cnc(N2CCCCCCC2)nc1C. The number of ether oxygens (including phenoxy) is 1. The van der Waals surface area contributed by atoms with E-state index < -0.39 is 0 Å². The lowest BCUT2D eigenvalue weighted by Crippen LogP contribution is -2.31. The first kappa shape index (κ1) is 17.7. The fraction of sp³-hybridized carbons (Fsp3) is 0.706. The molecule has 1 aliphatic heterocycles. The Morgan fingerprint density at radius 2 is 1.96 bits per heavy atom. The first-order chi connectivity index (χ1) is 11.1. The predicted molar refractivity (Wildman–Crippen MR) is 90.5 cm³/mol. The van der Waals surface area contributed by atoms with Crippen molar-refractivity contribution < 1.29 is 9.53 Å². The van der Waals surface area contributed by atoms with Gasteiger partial charge in [-0.1, -0.05) is 19.3 Å². The van der Waals surface area contributed by atoms with Crippen molar-refractivity contribution in [3.63, 3.8) is 0 Å². The lowest BCUT2D eigenvalue weighted by molar-refractivity contribution is -0.125. The number of aryl methyl sites for hydroxylation is 1. The molecule has 6 heteroatoms. The van der Waals surface area contributed by atoms with E-state index in [0.717, 1.165) is 30.3 Å². The van der Waals surface area contributed by atoms with Gasteiger partial charge in [0.25, 0.3) is 0 Å². The van der Waals surface area contributed by atoms with Crippen LogP contribution in [-0.4, -0.2) is 42.7 Å². The van der Waals surface area contributed by atoms with E-state index in [9.17, 15) is 4.79 Å². The summed E-state index contributed by atoms with van der Waals surface area (Å²) in [5.41, 5.74) is 1.87. The number of hydrogen-bond acceptors (Lipinski definition) is 5. The summed E-state index contributed by atoms with van der Waals surface area (Å²) in [6, 6.07) is -0.126. The van der Waals surface area contributed by atoms with Crippen LogP contribution in [0.4, 0.5) is 5.95 Å². The van der Waals surface area contributed by atoms with Gasteiger partial charge in [0.2, 0.25) is 11.9 Å². The molecule has 1 amide bonds. The quantitative estimate of drug-likeness (QED) is 0.902. The third kappa shape index (κ3) is 5.16. The molecule has 2 heterocycles. The van der Waals surface area contributed by atoms with Gasteiger partial charge < -0.3 is 15.0 Å². The summed E-state index contributed by atoms with van der Waals surface area (Å²) >= 11 is 0. The summed E-state index contributed by atoms with van der Waals surface area (Å²) in [7, 11) is 1.51. The molecule has 1 fully saturated rings. The number of nitrogens with zero attached hydrogens (tertiary/aromatic N) is 3. The van der Waals surface area contributed by atoms with E-state index in [1.807, 2.05) is 20.0 Å². The summed E-state index contributed by atoms with van der Waals surface area (Å²) in [6.07, 6.45) is 8.16. The Morgan fingerprint density at radius 3 is 2.57 bits per heavy atom. The predicted octanol–water partition coefficient (Wildman–Crippen LogP) is 2.38. The number of amides is 1. The third-order valence-electron chi connectivity index (χ3n) is 4.26. The molecule has 0 saturated carbocycles. The van der Waals surface area contributed by atoms with Crippen LogP contribution in [0.25, 0.3) is 0 Å². The van der Waals surface area contributed by atoms with E-state index in [4.69, 9.17) is 4.74 Å². The second-order valence-corrected chi connectivity index (χ2v) is 6.19. The van der Waals surface area contributed by atoms with Crippen LogP contribution in [0.2, 0.25) is 0 Å². The van der Waals surface area contributed by atoms with Crippen LogP contribution in [0.3, 0.4) is 0 Å². The van der Waals surface area contributed by atoms with Crippen LogP contribution < -0.4 is 10.2 Å². The summed E-state index contributed by atoms with van der Waals surface area (Å²) in [4.78, 5) is 23.1. The Kier molecular flexibility index (Phi) is 6.77. The van der Waals surface area contributed by atoms with Crippen molar-refractivity contribution >= 4 is 11.9 Å². The molecule has 23 heavy (non-hydrogen) atoms. The Labute approximate surface area is 138 Å². The summed E-state index contributed by atoms with van der Waals surface area (Å²) < 4.78 is 4.84. The molecule has 1 aliphatic rings. The Morgan fingerprint density at radius 1 is 1.30 bits per heavy atom. The largest absolute Gasteiger partial charge is 0.375 e. The van der Waals surface area contributed by atoms with E-state index in [1.54, 1.807) is 0 Å². The zero-order chi connectivity index (χ0) is 16.7. The van der Waals surface area contributed by atoms with Gasteiger partial charge in [-0.05, 0) is 26.7 Å². The van der Waals surface area contributed by atoms with Crippen molar-refractivity contribution in [1.82, 2.24) is 15.3 Å². The topological polar surface area (TPSA) is 67.3 Å². The van der Waals surface area contributed by atoms with Crippen LogP contribution in [0, 0.1) is 6.92 Å². The Bertz CT molecular complexity index is 513. The molecule has 1 atom stereocenters. The second-order valence-electron chi connectivity index (χ2n) is 6.19. The van der Waals surface area contributed by atoms with Gasteiger partial charge in [-0.2, -0.15) is 0 Å². The van der Waals surface area contributed by atoms with Gasteiger partial charge >= 0.3 is 0 Å². The fourth-order valence-electron chi connectivity index (χ4n) is 2.98. The highest BCUT2D eigenvalue weighted by molar-refractivity contribution is 5.77. The molecule has 1 N–H and O–H groups in total. The zero-order valence-electron chi connectivity index (χ0n) is 14.5. The lowest BCUT2D eigenvalue weighted by Gasteiger charge is -2.25. The summed E-state index contributed by atoms with van der Waals surface area (Å²) in [5, 5.41) is 2.90. The summed E-state index contributed by atoms with van der Waals surface area (Å²) in [5.74, 6) is 0.677. The van der Waals surface area contributed by atoms with Crippen LogP contribution >= 0.6 is 0 Å². The van der Waals surface area contributed by atoms with Crippen LogP contribution in [0.1, 0.15) is 56.3 Å². The van der Waals surface area contributed by atoms with Gasteiger partial charge in [0.15, 0.2) is 0 Å². The maximum atomic E-state index is 11.6. The first-order valence-corrected chi connectivity index (χ1v) is 8.48. The van der Waals surface area contributed by atoms with Crippen molar-refractivity contribution in [2.75, 3.05) is 31.7 Å². The maximum Gasteiger partial charge on any atom is 0.246 e. The molecular formula is C17H28N4O2. The van der Waals surface area contributed by atoms with Crippen molar-refractivity contribution in [3.05, 3.63) is 17.5 Å². The van der Waals surface area contributed by atoms with E-state index in [0.29, 0.717) is 0 Å². The van der Waals surface area contributed by atoms with Gasteiger partial charge in [-0.25, -0.2) is 9.97 Å². The van der Waals surface area contributed by atoms with E-state index in [2.05, 4.69) is 20.2 Å². The molecule has 1 unspecified atom stereocenters. The molecule has 2 rings (SSSR count). The van der Waals surface area contributed by atoms with Crippen LogP contribution in [0.15, 0.2) is 6.20 Å². The standard InChI is InChI=1S/C17H28N4O2/c1-13(19-16(22)12-23-3)15-11-18-17(20-14(15)2)21-9-7-5-4-6-8-10-21/h11,13H,4-10,12H2,1-3H3,(H,19,22). The molecule has 128 valence electrons.